The van der Waals surface area contributed by atoms with Crippen LogP contribution in [0.15, 0.2) is 12.7 Å². The fourth-order valence-electron chi connectivity index (χ4n) is 1.43. The molecule has 0 fully saturated rings. The van der Waals surface area contributed by atoms with Crippen LogP contribution in [0.2, 0.25) is 0 Å². The summed E-state index contributed by atoms with van der Waals surface area (Å²) < 4.78 is 0. The normalized spacial score (nSPS) is 13.2. The third kappa shape index (κ3) is 6.83. The molecule has 0 aliphatic heterocycles. The lowest BCUT2D eigenvalue weighted by molar-refractivity contribution is 0.397. The maximum Gasteiger partial charge on any atom is 0.0124 e. The molecule has 13 heavy (non-hydrogen) atoms. The van der Waals surface area contributed by atoms with E-state index in [1.807, 2.05) is 6.08 Å². The van der Waals surface area contributed by atoms with Crippen LogP contribution < -0.4 is 5.32 Å². The summed E-state index contributed by atoms with van der Waals surface area (Å²) in [5.74, 6) is 0.708. The highest BCUT2D eigenvalue weighted by molar-refractivity contribution is 4.80. The van der Waals surface area contributed by atoms with E-state index in [-0.39, 0.29) is 0 Å². The molecule has 0 saturated carbocycles. The lowest BCUT2D eigenvalue weighted by Gasteiger charge is -2.20. The van der Waals surface area contributed by atoms with Crippen LogP contribution in [0.1, 0.15) is 46.5 Å². The fraction of sp³-hybridized carbons (Fsp3) is 0.833. The van der Waals surface area contributed by atoms with Gasteiger partial charge in [0.05, 0.1) is 0 Å². The second kappa shape index (κ2) is 8.31. The quantitative estimate of drug-likeness (QED) is 0.449. The lowest BCUT2D eigenvalue weighted by Crippen LogP contribution is -2.34. The molecular weight excluding hydrogens is 158 g/mol. The molecule has 0 aliphatic carbocycles. The molecule has 0 radical (unpaired) electrons. The van der Waals surface area contributed by atoms with Crippen molar-refractivity contribution in [1.82, 2.24) is 5.32 Å². The van der Waals surface area contributed by atoms with E-state index in [0.717, 1.165) is 13.0 Å². The number of hydrogen-bond donors (Lipinski definition) is 1. The van der Waals surface area contributed by atoms with Crippen LogP contribution in [0, 0.1) is 5.92 Å². The van der Waals surface area contributed by atoms with Crippen LogP contribution >= 0.6 is 0 Å². The van der Waals surface area contributed by atoms with Crippen LogP contribution in [-0.2, 0) is 0 Å². The summed E-state index contributed by atoms with van der Waals surface area (Å²) in [4.78, 5) is 0. The lowest BCUT2D eigenvalue weighted by atomic mass is 10.0. The van der Waals surface area contributed by atoms with Crippen molar-refractivity contribution in [2.75, 3.05) is 6.54 Å². The van der Waals surface area contributed by atoms with E-state index in [0.29, 0.717) is 12.0 Å². The van der Waals surface area contributed by atoms with Crippen LogP contribution in [0.4, 0.5) is 0 Å². The van der Waals surface area contributed by atoms with E-state index >= 15 is 0 Å². The first-order chi connectivity index (χ1) is 6.22. The molecule has 78 valence electrons. The Morgan fingerprint density at radius 1 is 1.31 bits per heavy atom. The Morgan fingerprint density at radius 3 is 2.46 bits per heavy atom. The number of hydrogen-bond acceptors (Lipinski definition) is 1. The van der Waals surface area contributed by atoms with Gasteiger partial charge in [0.2, 0.25) is 0 Å². The molecule has 0 aliphatic rings. The van der Waals surface area contributed by atoms with Crippen molar-refractivity contribution in [3.8, 4) is 0 Å². The number of rotatable bonds is 8. The molecule has 0 rings (SSSR count). The molecule has 0 aromatic carbocycles. The Hall–Kier alpha value is -0.300. The van der Waals surface area contributed by atoms with E-state index in [1.165, 1.54) is 19.3 Å². The Bertz CT molecular complexity index is 118. The average Bonchev–Trinajstić information content (AvgIpc) is 2.10. The first-order valence-corrected chi connectivity index (χ1v) is 5.56. The summed E-state index contributed by atoms with van der Waals surface area (Å²) in [5.41, 5.74) is 0. The standard InChI is InChI=1S/C12H25N/c1-5-7-8-10-13-12(9-6-2)11(3)4/h6,11-13H,2,5,7-10H2,1,3-4H3. The Labute approximate surface area is 83.6 Å². The molecule has 1 N–H and O–H groups in total. The minimum absolute atomic E-state index is 0.620. The maximum absolute atomic E-state index is 3.79. The highest BCUT2D eigenvalue weighted by atomic mass is 14.9. The van der Waals surface area contributed by atoms with Crippen molar-refractivity contribution >= 4 is 0 Å². The molecule has 1 heteroatoms. The van der Waals surface area contributed by atoms with E-state index in [9.17, 15) is 0 Å². The predicted octanol–water partition coefficient (Wildman–Crippen LogP) is 3.37. The number of nitrogens with one attached hydrogen (secondary N) is 1. The van der Waals surface area contributed by atoms with Gasteiger partial charge in [0.15, 0.2) is 0 Å². The first kappa shape index (κ1) is 12.7. The van der Waals surface area contributed by atoms with Crippen LogP contribution in [0.5, 0.6) is 0 Å². The Morgan fingerprint density at radius 2 is 2.00 bits per heavy atom. The molecule has 1 unspecified atom stereocenters. The summed E-state index contributed by atoms with van der Waals surface area (Å²) in [6.07, 6.45) is 7.04. The SMILES string of the molecule is C=CCC(NCCCCC)C(C)C. The first-order valence-electron chi connectivity index (χ1n) is 5.56. The van der Waals surface area contributed by atoms with Crippen molar-refractivity contribution < 1.29 is 0 Å². The van der Waals surface area contributed by atoms with Gasteiger partial charge in [-0.3, -0.25) is 0 Å². The largest absolute Gasteiger partial charge is 0.313 e. The van der Waals surface area contributed by atoms with E-state index in [1.54, 1.807) is 0 Å². The van der Waals surface area contributed by atoms with E-state index in [4.69, 9.17) is 0 Å². The van der Waals surface area contributed by atoms with Crippen LogP contribution in [0.3, 0.4) is 0 Å². The van der Waals surface area contributed by atoms with Crippen molar-refractivity contribution in [2.45, 2.75) is 52.5 Å². The van der Waals surface area contributed by atoms with Gasteiger partial charge in [0.25, 0.3) is 0 Å². The Kier molecular flexibility index (Phi) is 8.11. The third-order valence-corrected chi connectivity index (χ3v) is 2.41. The Balaban J connectivity index is 3.50. The third-order valence-electron chi connectivity index (χ3n) is 2.41. The van der Waals surface area contributed by atoms with Gasteiger partial charge in [-0.1, -0.05) is 39.7 Å². The highest BCUT2D eigenvalue weighted by Gasteiger charge is 2.09. The van der Waals surface area contributed by atoms with Gasteiger partial charge in [-0.15, -0.1) is 6.58 Å². The summed E-state index contributed by atoms with van der Waals surface area (Å²) in [5, 5.41) is 3.58. The second-order valence-electron chi connectivity index (χ2n) is 4.04. The molecule has 0 saturated heterocycles. The zero-order valence-corrected chi connectivity index (χ0v) is 9.47. The smallest absolute Gasteiger partial charge is 0.0124 e. The van der Waals surface area contributed by atoms with Crippen molar-refractivity contribution in [2.24, 2.45) is 5.92 Å². The second-order valence-corrected chi connectivity index (χ2v) is 4.04. The summed E-state index contributed by atoms with van der Waals surface area (Å²) in [6.45, 7) is 11.7. The number of unbranched alkanes of at least 4 members (excludes halogenated alkanes) is 2. The zero-order chi connectivity index (χ0) is 10.1. The minimum Gasteiger partial charge on any atom is -0.313 e. The fourth-order valence-corrected chi connectivity index (χ4v) is 1.43. The molecule has 0 bridgehead atoms. The molecule has 0 aromatic rings. The predicted molar refractivity (Wildman–Crippen MR) is 61.0 cm³/mol. The summed E-state index contributed by atoms with van der Waals surface area (Å²) in [7, 11) is 0. The topological polar surface area (TPSA) is 12.0 Å². The van der Waals surface area contributed by atoms with Gasteiger partial charge < -0.3 is 5.32 Å². The molecule has 1 nitrogen and oxygen atoms in total. The minimum atomic E-state index is 0.620. The zero-order valence-electron chi connectivity index (χ0n) is 9.47. The van der Waals surface area contributed by atoms with Crippen LogP contribution in [-0.4, -0.2) is 12.6 Å². The molecular formula is C12H25N. The summed E-state index contributed by atoms with van der Waals surface area (Å²) in [6, 6.07) is 0.620. The average molecular weight is 183 g/mol. The molecule has 0 amide bonds. The van der Waals surface area contributed by atoms with Crippen molar-refractivity contribution in [3.05, 3.63) is 12.7 Å². The van der Waals surface area contributed by atoms with Gasteiger partial charge in [-0.2, -0.15) is 0 Å². The van der Waals surface area contributed by atoms with Crippen molar-refractivity contribution in [3.63, 3.8) is 0 Å². The van der Waals surface area contributed by atoms with Gasteiger partial charge in [0.1, 0.15) is 0 Å². The summed E-state index contributed by atoms with van der Waals surface area (Å²) >= 11 is 0. The molecule has 0 heterocycles. The monoisotopic (exact) mass is 183 g/mol. The van der Waals surface area contributed by atoms with Gasteiger partial charge >= 0.3 is 0 Å². The molecule has 0 aromatic heterocycles. The van der Waals surface area contributed by atoms with Gasteiger partial charge in [-0.25, -0.2) is 0 Å². The maximum atomic E-state index is 3.79. The highest BCUT2D eigenvalue weighted by Crippen LogP contribution is 2.06. The molecule has 0 spiro atoms. The van der Waals surface area contributed by atoms with E-state index in [2.05, 4.69) is 32.7 Å². The molecule has 1 atom stereocenters. The van der Waals surface area contributed by atoms with Gasteiger partial charge in [0, 0.05) is 6.04 Å². The van der Waals surface area contributed by atoms with Gasteiger partial charge in [-0.05, 0) is 25.3 Å². The van der Waals surface area contributed by atoms with Crippen molar-refractivity contribution in [1.29, 1.82) is 0 Å². The van der Waals surface area contributed by atoms with E-state index < -0.39 is 0 Å². The van der Waals surface area contributed by atoms with Crippen LogP contribution in [0.25, 0.3) is 0 Å².